The van der Waals surface area contributed by atoms with Gasteiger partial charge in [0.25, 0.3) is 5.91 Å². The zero-order valence-corrected chi connectivity index (χ0v) is 13.9. The van der Waals surface area contributed by atoms with E-state index in [1.165, 1.54) is 6.92 Å². The van der Waals surface area contributed by atoms with Gasteiger partial charge in [0.05, 0.1) is 11.1 Å². The van der Waals surface area contributed by atoms with Gasteiger partial charge in [-0.05, 0) is 55.3 Å². The van der Waals surface area contributed by atoms with E-state index in [1.54, 1.807) is 12.4 Å². The third-order valence-electron chi connectivity index (χ3n) is 3.56. The molecular weight excluding hydrogens is 349 g/mol. The van der Waals surface area contributed by atoms with Crippen LogP contribution < -0.4 is 5.32 Å². The second-order valence-electron chi connectivity index (χ2n) is 5.52. The van der Waals surface area contributed by atoms with Crippen LogP contribution in [0.4, 0.5) is 13.2 Å². The molecule has 8 heteroatoms. The van der Waals surface area contributed by atoms with Gasteiger partial charge in [-0.2, -0.15) is 13.2 Å². The highest BCUT2D eigenvalue weighted by molar-refractivity contribution is 5.92. The summed E-state index contributed by atoms with van der Waals surface area (Å²) in [6.07, 6.45) is -1.67. The van der Waals surface area contributed by atoms with Crippen LogP contribution in [0.3, 0.4) is 0 Å². The Morgan fingerprint density at radius 1 is 1.12 bits per heavy atom. The summed E-state index contributed by atoms with van der Waals surface area (Å²) in [4.78, 5) is 27.8. The number of hydrogen-bond acceptors (Lipinski definition) is 4. The van der Waals surface area contributed by atoms with Crippen LogP contribution in [-0.4, -0.2) is 29.5 Å². The van der Waals surface area contributed by atoms with Gasteiger partial charge in [0.2, 0.25) is 0 Å². The van der Waals surface area contributed by atoms with Crippen molar-refractivity contribution in [2.45, 2.75) is 25.6 Å². The van der Waals surface area contributed by atoms with Gasteiger partial charge in [0.15, 0.2) is 6.10 Å². The van der Waals surface area contributed by atoms with Crippen molar-refractivity contribution in [3.05, 3.63) is 65.5 Å². The number of nitrogens with one attached hydrogen (secondary N) is 1. The standard InChI is InChI=1S/C18H17F3N2O3/c1-12(16(24)23-11-8-13-6-9-22-10-7-13)26-17(25)14-2-4-15(5-3-14)18(19,20)21/h2-7,9-10,12H,8,11H2,1H3,(H,23,24)/t12-/m0/s1. The molecule has 2 aromatic rings. The Morgan fingerprint density at radius 3 is 2.31 bits per heavy atom. The zero-order chi connectivity index (χ0) is 19.2. The first-order valence-electron chi connectivity index (χ1n) is 7.82. The van der Waals surface area contributed by atoms with Crippen molar-refractivity contribution in [3.8, 4) is 0 Å². The molecule has 1 aromatic carbocycles. The number of halogens is 3. The maximum atomic E-state index is 12.5. The van der Waals surface area contributed by atoms with Crippen LogP contribution in [0.25, 0.3) is 0 Å². The van der Waals surface area contributed by atoms with E-state index in [0.717, 1.165) is 29.8 Å². The number of alkyl halides is 3. The topological polar surface area (TPSA) is 68.3 Å². The largest absolute Gasteiger partial charge is 0.449 e. The molecule has 5 nitrogen and oxygen atoms in total. The van der Waals surface area contributed by atoms with Crippen molar-refractivity contribution < 1.29 is 27.5 Å². The Morgan fingerprint density at radius 2 is 1.73 bits per heavy atom. The molecule has 0 spiro atoms. The minimum Gasteiger partial charge on any atom is -0.449 e. The third kappa shape index (κ3) is 5.58. The summed E-state index contributed by atoms with van der Waals surface area (Å²) in [5, 5.41) is 2.63. The molecule has 1 amide bonds. The lowest BCUT2D eigenvalue weighted by atomic mass is 10.1. The summed E-state index contributed by atoms with van der Waals surface area (Å²) in [5.41, 5.74) is 0.0695. The van der Waals surface area contributed by atoms with Crippen LogP contribution in [0.1, 0.15) is 28.4 Å². The first kappa shape index (κ1) is 19.4. The highest BCUT2D eigenvalue weighted by atomic mass is 19.4. The number of amides is 1. The average Bonchev–Trinajstić information content (AvgIpc) is 2.61. The lowest BCUT2D eigenvalue weighted by Gasteiger charge is -2.14. The molecule has 26 heavy (non-hydrogen) atoms. The molecule has 1 N–H and O–H groups in total. The normalized spacial score (nSPS) is 12.3. The van der Waals surface area contributed by atoms with Crippen molar-refractivity contribution in [1.82, 2.24) is 10.3 Å². The van der Waals surface area contributed by atoms with Gasteiger partial charge in [0.1, 0.15) is 0 Å². The van der Waals surface area contributed by atoms with Gasteiger partial charge in [-0.15, -0.1) is 0 Å². The molecule has 0 aliphatic carbocycles. The summed E-state index contributed by atoms with van der Waals surface area (Å²) in [5.74, 6) is -1.35. The number of nitrogens with zero attached hydrogens (tertiary/aromatic N) is 1. The molecule has 0 fully saturated rings. The number of ether oxygens (including phenoxy) is 1. The molecule has 1 atom stereocenters. The van der Waals surface area contributed by atoms with Crippen LogP contribution in [0, 0.1) is 0 Å². The smallest absolute Gasteiger partial charge is 0.416 e. The van der Waals surface area contributed by atoms with Gasteiger partial charge in [-0.3, -0.25) is 9.78 Å². The number of hydrogen-bond donors (Lipinski definition) is 1. The Bertz CT molecular complexity index is 747. The fourth-order valence-corrected chi connectivity index (χ4v) is 2.10. The second-order valence-corrected chi connectivity index (χ2v) is 5.52. The third-order valence-corrected chi connectivity index (χ3v) is 3.56. The number of benzene rings is 1. The molecule has 0 aliphatic rings. The maximum absolute atomic E-state index is 12.5. The minimum absolute atomic E-state index is 0.0607. The molecule has 0 radical (unpaired) electrons. The molecule has 1 heterocycles. The van der Waals surface area contributed by atoms with Crippen molar-refractivity contribution >= 4 is 11.9 Å². The molecule has 1 aromatic heterocycles. The van der Waals surface area contributed by atoms with Crippen molar-refractivity contribution in [1.29, 1.82) is 0 Å². The lowest BCUT2D eigenvalue weighted by Crippen LogP contribution is -2.36. The summed E-state index contributed by atoms with van der Waals surface area (Å²) in [6, 6.07) is 7.24. The molecule has 2 rings (SSSR count). The monoisotopic (exact) mass is 366 g/mol. The second kappa shape index (κ2) is 8.46. The first-order valence-corrected chi connectivity index (χ1v) is 7.82. The van der Waals surface area contributed by atoms with Gasteiger partial charge < -0.3 is 10.1 Å². The Labute approximate surface area is 148 Å². The van der Waals surface area contributed by atoms with Crippen LogP contribution in [-0.2, 0) is 22.1 Å². The highest BCUT2D eigenvalue weighted by Crippen LogP contribution is 2.29. The highest BCUT2D eigenvalue weighted by Gasteiger charge is 2.30. The van der Waals surface area contributed by atoms with E-state index in [0.29, 0.717) is 13.0 Å². The number of carbonyl (C=O) groups excluding carboxylic acids is 2. The minimum atomic E-state index is -4.48. The lowest BCUT2D eigenvalue weighted by molar-refractivity contribution is -0.137. The summed E-state index contributed by atoms with van der Waals surface area (Å²) >= 11 is 0. The molecule has 0 bridgehead atoms. The van der Waals surface area contributed by atoms with E-state index in [2.05, 4.69) is 10.3 Å². The fourth-order valence-electron chi connectivity index (χ4n) is 2.10. The number of esters is 1. The molecule has 0 saturated heterocycles. The van der Waals surface area contributed by atoms with Crippen molar-refractivity contribution in [2.24, 2.45) is 0 Å². The molecule has 0 unspecified atom stereocenters. The van der Waals surface area contributed by atoms with Crippen LogP contribution in [0.15, 0.2) is 48.8 Å². The number of carbonyl (C=O) groups is 2. The first-order chi connectivity index (χ1) is 12.3. The molecule has 138 valence electrons. The quantitative estimate of drug-likeness (QED) is 0.798. The van der Waals surface area contributed by atoms with Crippen LogP contribution in [0.2, 0.25) is 0 Å². The summed E-state index contributed by atoms with van der Waals surface area (Å²) < 4.78 is 42.5. The van der Waals surface area contributed by atoms with Crippen molar-refractivity contribution in [2.75, 3.05) is 6.54 Å². The van der Waals surface area contributed by atoms with Gasteiger partial charge in [0, 0.05) is 18.9 Å². The summed E-state index contributed by atoms with van der Waals surface area (Å²) in [6.45, 7) is 1.74. The Balaban J connectivity index is 1.83. The Hall–Kier alpha value is -2.90. The fraction of sp³-hybridized carbons (Fsp3) is 0.278. The van der Waals surface area contributed by atoms with Crippen molar-refractivity contribution in [3.63, 3.8) is 0 Å². The summed E-state index contributed by atoms with van der Waals surface area (Å²) in [7, 11) is 0. The maximum Gasteiger partial charge on any atom is 0.416 e. The number of aromatic nitrogens is 1. The zero-order valence-electron chi connectivity index (χ0n) is 13.9. The van der Waals surface area contributed by atoms with E-state index in [4.69, 9.17) is 4.74 Å². The predicted molar refractivity (Wildman–Crippen MR) is 87.3 cm³/mol. The van der Waals surface area contributed by atoms with E-state index in [9.17, 15) is 22.8 Å². The number of pyridine rings is 1. The SMILES string of the molecule is C[C@H](OC(=O)c1ccc(C(F)(F)F)cc1)C(=O)NCCc1ccncc1. The molecular formula is C18H17F3N2O3. The van der Waals surface area contributed by atoms with E-state index < -0.39 is 29.7 Å². The van der Waals surface area contributed by atoms with Crippen LogP contribution >= 0.6 is 0 Å². The van der Waals surface area contributed by atoms with E-state index in [-0.39, 0.29) is 5.56 Å². The van der Waals surface area contributed by atoms with Gasteiger partial charge in [-0.1, -0.05) is 0 Å². The Kier molecular flexibility index (Phi) is 6.32. The van der Waals surface area contributed by atoms with E-state index in [1.807, 2.05) is 12.1 Å². The molecule has 0 saturated carbocycles. The number of rotatable bonds is 6. The predicted octanol–water partition coefficient (Wildman–Crippen LogP) is 3.00. The average molecular weight is 366 g/mol. The van der Waals surface area contributed by atoms with Crippen LogP contribution in [0.5, 0.6) is 0 Å². The van der Waals surface area contributed by atoms with Gasteiger partial charge >= 0.3 is 12.1 Å². The van der Waals surface area contributed by atoms with Gasteiger partial charge in [-0.25, -0.2) is 4.79 Å². The molecule has 0 aliphatic heterocycles. The van der Waals surface area contributed by atoms with E-state index >= 15 is 0 Å².